The number of benzene rings is 2. The van der Waals surface area contributed by atoms with Gasteiger partial charge in [-0.25, -0.2) is 8.78 Å². The molecule has 0 fully saturated rings. The largest absolute Gasteiger partial charge is 0.488 e. The van der Waals surface area contributed by atoms with Crippen molar-refractivity contribution in [3.8, 4) is 5.75 Å². The molecule has 106 valence electrons. The van der Waals surface area contributed by atoms with Crippen molar-refractivity contribution in [3.63, 3.8) is 0 Å². The number of hydrogen-bond donors (Lipinski definition) is 1. The van der Waals surface area contributed by atoms with Crippen molar-refractivity contribution in [2.75, 3.05) is 0 Å². The molecule has 0 heterocycles. The van der Waals surface area contributed by atoms with E-state index in [4.69, 9.17) is 4.74 Å². The van der Waals surface area contributed by atoms with Crippen LogP contribution in [0.25, 0.3) is 0 Å². The van der Waals surface area contributed by atoms with Crippen LogP contribution in [-0.2, 0) is 6.61 Å². The first-order valence-corrected chi connectivity index (χ1v) is 6.81. The quantitative estimate of drug-likeness (QED) is 0.894. The van der Waals surface area contributed by atoms with E-state index >= 15 is 0 Å². The van der Waals surface area contributed by atoms with Gasteiger partial charge in [0.2, 0.25) is 0 Å². The Hall–Kier alpha value is -1.46. The van der Waals surface area contributed by atoms with E-state index in [9.17, 15) is 13.9 Å². The maximum Gasteiger partial charge on any atom is 0.130 e. The summed E-state index contributed by atoms with van der Waals surface area (Å²) >= 11 is 3.31. The van der Waals surface area contributed by atoms with E-state index < -0.39 is 17.7 Å². The Morgan fingerprint density at radius 3 is 2.65 bits per heavy atom. The van der Waals surface area contributed by atoms with Gasteiger partial charge in [-0.05, 0) is 43.3 Å². The minimum Gasteiger partial charge on any atom is -0.488 e. The minimum atomic E-state index is -0.722. The highest BCUT2D eigenvalue weighted by Crippen LogP contribution is 2.29. The molecule has 0 aliphatic heterocycles. The van der Waals surface area contributed by atoms with Crippen molar-refractivity contribution in [1.29, 1.82) is 0 Å². The number of aliphatic hydroxyl groups excluding tert-OH is 1. The number of halogens is 3. The highest BCUT2D eigenvalue weighted by molar-refractivity contribution is 9.10. The second kappa shape index (κ2) is 6.33. The Morgan fingerprint density at radius 2 is 1.95 bits per heavy atom. The summed E-state index contributed by atoms with van der Waals surface area (Å²) in [6, 6.07) is 8.36. The van der Waals surface area contributed by atoms with Gasteiger partial charge in [-0.2, -0.15) is 0 Å². The van der Waals surface area contributed by atoms with Crippen LogP contribution in [0.2, 0.25) is 0 Å². The van der Waals surface area contributed by atoms with Gasteiger partial charge in [0.25, 0.3) is 0 Å². The topological polar surface area (TPSA) is 29.5 Å². The van der Waals surface area contributed by atoms with E-state index in [2.05, 4.69) is 15.9 Å². The Kier molecular flexibility index (Phi) is 4.73. The first kappa shape index (κ1) is 14.9. The third kappa shape index (κ3) is 3.55. The van der Waals surface area contributed by atoms with E-state index in [-0.39, 0.29) is 12.2 Å². The molecule has 0 saturated carbocycles. The van der Waals surface area contributed by atoms with Crippen LogP contribution < -0.4 is 4.74 Å². The molecule has 2 nitrogen and oxygen atoms in total. The maximum absolute atomic E-state index is 13.5. The van der Waals surface area contributed by atoms with Crippen LogP contribution in [-0.4, -0.2) is 5.11 Å². The van der Waals surface area contributed by atoms with Gasteiger partial charge >= 0.3 is 0 Å². The molecule has 20 heavy (non-hydrogen) atoms. The summed E-state index contributed by atoms with van der Waals surface area (Å²) in [5, 5.41) is 9.69. The molecule has 2 aromatic rings. The van der Waals surface area contributed by atoms with Gasteiger partial charge in [-0.1, -0.05) is 15.9 Å². The van der Waals surface area contributed by atoms with E-state index in [0.29, 0.717) is 11.3 Å². The molecule has 0 spiro atoms. The van der Waals surface area contributed by atoms with Crippen molar-refractivity contribution in [1.82, 2.24) is 0 Å². The number of ether oxygens (including phenoxy) is 1. The van der Waals surface area contributed by atoms with Gasteiger partial charge in [0.15, 0.2) is 0 Å². The molecule has 0 aliphatic carbocycles. The van der Waals surface area contributed by atoms with E-state index in [1.807, 2.05) is 0 Å². The van der Waals surface area contributed by atoms with Crippen molar-refractivity contribution in [2.24, 2.45) is 0 Å². The number of rotatable bonds is 4. The number of aliphatic hydroxyl groups is 1. The summed E-state index contributed by atoms with van der Waals surface area (Å²) < 4.78 is 32.8. The van der Waals surface area contributed by atoms with Crippen LogP contribution in [0, 0.1) is 11.6 Å². The zero-order valence-electron chi connectivity index (χ0n) is 10.7. The summed E-state index contributed by atoms with van der Waals surface area (Å²) in [6.45, 7) is 1.50. The van der Waals surface area contributed by atoms with Crippen LogP contribution in [0.4, 0.5) is 8.78 Å². The molecule has 2 rings (SSSR count). The Balaban J connectivity index is 2.20. The van der Waals surface area contributed by atoms with Gasteiger partial charge in [-0.15, -0.1) is 0 Å². The maximum atomic E-state index is 13.5. The highest BCUT2D eigenvalue weighted by atomic mass is 79.9. The summed E-state index contributed by atoms with van der Waals surface area (Å²) in [7, 11) is 0. The van der Waals surface area contributed by atoms with Crippen molar-refractivity contribution < 1.29 is 18.6 Å². The predicted molar refractivity (Wildman–Crippen MR) is 75.5 cm³/mol. The van der Waals surface area contributed by atoms with Gasteiger partial charge in [0, 0.05) is 15.6 Å². The fourth-order valence-corrected chi connectivity index (χ4v) is 2.17. The second-order valence-corrected chi connectivity index (χ2v) is 5.30. The van der Waals surface area contributed by atoms with Gasteiger partial charge in [0.1, 0.15) is 24.0 Å². The Bertz CT molecular complexity index is 615. The fourth-order valence-electron chi connectivity index (χ4n) is 1.79. The fraction of sp³-hybridized carbons (Fsp3) is 0.200. The zero-order chi connectivity index (χ0) is 14.7. The minimum absolute atomic E-state index is 0.106. The summed E-state index contributed by atoms with van der Waals surface area (Å²) in [5.74, 6) is -0.606. The van der Waals surface area contributed by atoms with Crippen LogP contribution in [0.5, 0.6) is 5.75 Å². The van der Waals surface area contributed by atoms with Gasteiger partial charge in [-0.3, -0.25) is 0 Å². The molecule has 0 saturated heterocycles. The first-order valence-electron chi connectivity index (χ1n) is 6.01. The lowest BCUT2D eigenvalue weighted by Gasteiger charge is -2.14. The molecule has 1 atom stereocenters. The zero-order valence-corrected chi connectivity index (χ0v) is 12.3. The summed E-state index contributed by atoms with van der Waals surface area (Å²) in [6.07, 6.45) is -0.722. The summed E-state index contributed by atoms with van der Waals surface area (Å²) in [4.78, 5) is 0. The molecule has 0 unspecified atom stereocenters. The standard InChI is InChI=1S/C15H13BrF2O2/c1-9(19)13-7-11(16)2-5-15(13)20-8-10-6-12(17)3-4-14(10)18/h2-7,9,19H,8H2,1H3/t9-/m1/s1. The Morgan fingerprint density at radius 1 is 1.20 bits per heavy atom. The first-order chi connectivity index (χ1) is 9.47. The van der Waals surface area contributed by atoms with Crippen molar-refractivity contribution in [3.05, 3.63) is 63.6 Å². The lowest BCUT2D eigenvalue weighted by atomic mass is 10.1. The lowest BCUT2D eigenvalue weighted by Crippen LogP contribution is -2.03. The molecule has 2 aromatic carbocycles. The van der Waals surface area contributed by atoms with Crippen molar-refractivity contribution >= 4 is 15.9 Å². The molecule has 0 aromatic heterocycles. The lowest BCUT2D eigenvalue weighted by molar-refractivity contribution is 0.189. The molecule has 0 bridgehead atoms. The molecular formula is C15H13BrF2O2. The predicted octanol–water partition coefficient (Wildman–Crippen LogP) is 4.36. The second-order valence-electron chi connectivity index (χ2n) is 4.38. The number of hydrogen-bond acceptors (Lipinski definition) is 2. The van der Waals surface area contributed by atoms with Crippen molar-refractivity contribution in [2.45, 2.75) is 19.6 Å². The van der Waals surface area contributed by atoms with Gasteiger partial charge in [0.05, 0.1) is 6.10 Å². The third-order valence-electron chi connectivity index (χ3n) is 2.81. The van der Waals surface area contributed by atoms with Crippen LogP contribution >= 0.6 is 15.9 Å². The highest BCUT2D eigenvalue weighted by Gasteiger charge is 2.11. The monoisotopic (exact) mass is 342 g/mol. The van der Waals surface area contributed by atoms with Crippen LogP contribution in [0.3, 0.4) is 0 Å². The third-order valence-corrected chi connectivity index (χ3v) is 3.31. The molecule has 0 aliphatic rings. The Labute approximate surface area is 124 Å². The summed E-state index contributed by atoms with van der Waals surface area (Å²) in [5.41, 5.74) is 0.709. The van der Waals surface area contributed by atoms with E-state index in [1.54, 1.807) is 25.1 Å². The van der Waals surface area contributed by atoms with Crippen LogP contribution in [0.1, 0.15) is 24.2 Å². The molecule has 5 heteroatoms. The smallest absolute Gasteiger partial charge is 0.130 e. The average Bonchev–Trinajstić information content (AvgIpc) is 2.40. The molecule has 0 radical (unpaired) electrons. The van der Waals surface area contributed by atoms with Crippen LogP contribution in [0.15, 0.2) is 40.9 Å². The molecule has 1 N–H and O–H groups in total. The average molecular weight is 343 g/mol. The van der Waals surface area contributed by atoms with E-state index in [0.717, 1.165) is 22.7 Å². The van der Waals surface area contributed by atoms with E-state index in [1.165, 1.54) is 0 Å². The normalized spacial score (nSPS) is 12.2. The SMILES string of the molecule is C[C@@H](O)c1cc(Br)ccc1OCc1cc(F)ccc1F. The van der Waals surface area contributed by atoms with Gasteiger partial charge < -0.3 is 9.84 Å². The molecular weight excluding hydrogens is 330 g/mol. The molecule has 0 amide bonds.